The Morgan fingerprint density at radius 3 is 3.00 bits per heavy atom. The molecular formula is C13H8ClFN2. The Morgan fingerprint density at radius 2 is 2.12 bits per heavy atom. The maximum absolute atomic E-state index is 13.8. The summed E-state index contributed by atoms with van der Waals surface area (Å²) < 4.78 is 13.8. The molecule has 4 heteroatoms. The predicted molar refractivity (Wildman–Crippen MR) is 66.5 cm³/mol. The van der Waals surface area contributed by atoms with E-state index in [-0.39, 0.29) is 5.02 Å². The second-order valence-corrected chi connectivity index (χ2v) is 4.14. The van der Waals surface area contributed by atoms with Crippen molar-refractivity contribution in [3.8, 4) is 11.1 Å². The molecule has 2 heterocycles. The summed E-state index contributed by atoms with van der Waals surface area (Å²) in [6.45, 7) is 0. The van der Waals surface area contributed by atoms with Crippen LogP contribution in [0.4, 0.5) is 4.39 Å². The standard InChI is InChI=1S/C13H8ClFN2/c14-10-3-1-2-9(13(10)15)8-6-12-11(17-7-8)4-5-16-12/h1-7,16H. The molecule has 0 amide bonds. The number of hydrogen-bond acceptors (Lipinski definition) is 1. The zero-order chi connectivity index (χ0) is 11.8. The maximum Gasteiger partial charge on any atom is 0.149 e. The highest BCUT2D eigenvalue weighted by Crippen LogP contribution is 2.28. The SMILES string of the molecule is Fc1c(Cl)cccc1-c1cnc2cc[nH]c2c1. The van der Waals surface area contributed by atoms with Gasteiger partial charge in [0.05, 0.1) is 16.1 Å². The van der Waals surface area contributed by atoms with E-state index in [1.807, 2.05) is 12.1 Å². The fourth-order valence-corrected chi connectivity index (χ4v) is 1.98. The lowest BCUT2D eigenvalue weighted by atomic mass is 10.1. The van der Waals surface area contributed by atoms with Gasteiger partial charge in [-0.15, -0.1) is 0 Å². The number of aromatic amines is 1. The highest BCUT2D eigenvalue weighted by Gasteiger charge is 2.09. The Labute approximate surface area is 102 Å². The van der Waals surface area contributed by atoms with Crippen molar-refractivity contribution in [2.24, 2.45) is 0 Å². The smallest absolute Gasteiger partial charge is 0.149 e. The Balaban J connectivity index is 2.23. The first-order valence-corrected chi connectivity index (χ1v) is 5.51. The quantitative estimate of drug-likeness (QED) is 0.690. The fraction of sp³-hybridized carbons (Fsp3) is 0. The summed E-state index contributed by atoms with van der Waals surface area (Å²) in [6, 6.07) is 8.66. The van der Waals surface area contributed by atoms with E-state index in [9.17, 15) is 4.39 Å². The molecule has 17 heavy (non-hydrogen) atoms. The molecule has 2 aromatic heterocycles. The van der Waals surface area contributed by atoms with E-state index >= 15 is 0 Å². The number of pyridine rings is 1. The van der Waals surface area contributed by atoms with Gasteiger partial charge >= 0.3 is 0 Å². The van der Waals surface area contributed by atoms with Crippen LogP contribution >= 0.6 is 11.6 Å². The van der Waals surface area contributed by atoms with Gasteiger partial charge in [0.1, 0.15) is 5.82 Å². The van der Waals surface area contributed by atoms with Crippen LogP contribution < -0.4 is 0 Å². The highest BCUT2D eigenvalue weighted by atomic mass is 35.5. The van der Waals surface area contributed by atoms with E-state index in [2.05, 4.69) is 9.97 Å². The number of nitrogens with zero attached hydrogens (tertiary/aromatic N) is 1. The van der Waals surface area contributed by atoms with Crippen molar-refractivity contribution in [3.63, 3.8) is 0 Å². The lowest BCUT2D eigenvalue weighted by molar-refractivity contribution is 0.631. The van der Waals surface area contributed by atoms with Crippen LogP contribution in [0.1, 0.15) is 0 Å². The second kappa shape index (κ2) is 3.86. The third-order valence-corrected chi connectivity index (χ3v) is 2.95. The molecule has 0 saturated heterocycles. The molecule has 0 spiro atoms. The first kappa shape index (κ1) is 10.3. The minimum absolute atomic E-state index is 0.120. The Morgan fingerprint density at radius 1 is 1.24 bits per heavy atom. The number of nitrogens with one attached hydrogen (secondary N) is 1. The Bertz CT molecular complexity index is 691. The van der Waals surface area contributed by atoms with Gasteiger partial charge in [-0.25, -0.2) is 4.39 Å². The molecule has 0 radical (unpaired) electrons. The van der Waals surface area contributed by atoms with Crippen LogP contribution in [0, 0.1) is 5.82 Å². The van der Waals surface area contributed by atoms with E-state index in [0.29, 0.717) is 11.1 Å². The lowest BCUT2D eigenvalue weighted by Gasteiger charge is -2.04. The van der Waals surface area contributed by atoms with E-state index in [4.69, 9.17) is 11.6 Å². The second-order valence-electron chi connectivity index (χ2n) is 3.74. The van der Waals surface area contributed by atoms with Gasteiger partial charge < -0.3 is 4.98 Å². The van der Waals surface area contributed by atoms with Gasteiger partial charge in [0.2, 0.25) is 0 Å². The summed E-state index contributed by atoms with van der Waals surface area (Å²) in [5, 5.41) is 0.120. The van der Waals surface area contributed by atoms with Gasteiger partial charge in [0.25, 0.3) is 0 Å². The zero-order valence-corrected chi connectivity index (χ0v) is 9.50. The molecule has 0 aliphatic heterocycles. The molecule has 2 nitrogen and oxygen atoms in total. The van der Waals surface area contributed by atoms with E-state index in [0.717, 1.165) is 11.0 Å². The molecule has 3 rings (SSSR count). The van der Waals surface area contributed by atoms with Crippen molar-refractivity contribution in [2.45, 2.75) is 0 Å². The van der Waals surface area contributed by atoms with Crippen molar-refractivity contribution in [2.75, 3.05) is 0 Å². The monoisotopic (exact) mass is 246 g/mol. The van der Waals surface area contributed by atoms with Crippen molar-refractivity contribution < 1.29 is 4.39 Å². The molecule has 0 fully saturated rings. The molecule has 84 valence electrons. The normalized spacial score (nSPS) is 10.9. The molecule has 0 unspecified atom stereocenters. The zero-order valence-electron chi connectivity index (χ0n) is 8.74. The van der Waals surface area contributed by atoms with Gasteiger partial charge in [-0.1, -0.05) is 23.7 Å². The van der Waals surface area contributed by atoms with E-state index < -0.39 is 5.82 Å². The van der Waals surface area contributed by atoms with E-state index in [1.165, 1.54) is 6.07 Å². The minimum Gasteiger partial charge on any atom is -0.360 e. The first-order chi connectivity index (χ1) is 8.25. The van der Waals surface area contributed by atoms with Crippen LogP contribution in [0.2, 0.25) is 5.02 Å². The van der Waals surface area contributed by atoms with Gasteiger partial charge in [0, 0.05) is 23.5 Å². The molecule has 0 aliphatic carbocycles. The molecule has 1 aromatic carbocycles. The average Bonchev–Trinajstić information content (AvgIpc) is 2.79. The molecule has 0 aliphatic rings. The summed E-state index contributed by atoms with van der Waals surface area (Å²) in [4.78, 5) is 7.29. The van der Waals surface area contributed by atoms with Gasteiger partial charge in [-0.05, 0) is 18.2 Å². The molecule has 0 atom stereocenters. The minimum atomic E-state index is -0.415. The van der Waals surface area contributed by atoms with Crippen LogP contribution in [-0.2, 0) is 0 Å². The Kier molecular flexibility index (Phi) is 2.34. The molecule has 0 saturated carbocycles. The number of fused-ring (bicyclic) bond motifs is 1. The number of aromatic nitrogens is 2. The number of benzene rings is 1. The van der Waals surface area contributed by atoms with Crippen molar-refractivity contribution in [1.29, 1.82) is 0 Å². The molecule has 1 N–H and O–H groups in total. The van der Waals surface area contributed by atoms with Crippen LogP contribution in [-0.4, -0.2) is 9.97 Å². The number of hydrogen-bond donors (Lipinski definition) is 1. The first-order valence-electron chi connectivity index (χ1n) is 5.13. The van der Waals surface area contributed by atoms with Crippen molar-refractivity contribution >= 4 is 22.6 Å². The average molecular weight is 247 g/mol. The van der Waals surface area contributed by atoms with E-state index in [1.54, 1.807) is 24.5 Å². The fourth-order valence-electron chi connectivity index (χ4n) is 1.81. The summed E-state index contributed by atoms with van der Waals surface area (Å²) in [5.74, 6) is -0.415. The maximum atomic E-state index is 13.8. The van der Waals surface area contributed by atoms with Crippen LogP contribution in [0.3, 0.4) is 0 Å². The summed E-state index contributed by atoms with van der Waals surface area (Å²) >= 11 is 5.76. The summed E-state index contributed by atoms with van der Waals surface area (Å²) in [7, 11) is 0. The van der Waals surface area contributed by atoms with Crippen LogP contribution in [0.15, 0.2) is 42.7 Å². The third-order valence-electron chi connectivity index (χ3n) is 2.66. The summed E-state index contributed by atoms with van der Waals surface area (Å²) in [6.07, 6.45) is 3.45. The van der Waals surface area contributed by atoms with Crippen molar-refractivity contribution in [3.05, 3.63) is 53.6 Å². The summed E-state index contributed by atoms with van der Waals surface area (Å²) in [5.41, 5.74) is 2.90. The highest BCUT2D eigenvalue weighted by molar-refractivity contribution is 6.31. The predicted octanol–water partition coefficient (Wildman–Crippen LogP) is 4.02. The van der Waals surface area contributed by atoms with Gasteiger partial charge in [-0.3, -0.25) is 4.98 Å². The van der Waals surface area contributed by atoms with Crippen LogP contribution in [0.5, 0.6) is 0 Å². The topological polar surface area (TPSA) is 28.7 Å². The van der Waals surface area contributed by atoms with Gasteiger partial charge in [0.15, 0.2) is 0 Å². The van der Waals surface area contributed by atoms with Crippen LogP contribution in [0.25, 0.3) is 22.2 Å². The third kappa shape index (κ3) is 1.68. The number of halogens is 2. The van der Waals surface area contributed by atoms with Gasteiger partial charge in [-0.2, -0.15) is 0 Å². The lowest BCUT2D eigenvalue weighted by Crippen LogP contribution is -1.87. The molecule has 3 aromatic rings. The van der Waals surface area contributed by atoms with Crippen molar-refractivity contribution in [1.82, 2.24) is 9.97 Å². The Hall–Kier alpha value is -1.87. The number of H-pyrrole nitrogens is 1. The largest absolute Gasteiger partial charge is 0.360 e. The molecular weight excluding hydrogens is 239 g/mol. The molecule has 0 bridgehead atoms. The number of rotatable bonds is 1.